The molecule has 132 valence electrons. The average Bonchev–Trinajstić information content (AvgIpc) is 2.65. The summed E-state index contributed by atoms with van der Waals surface area (Å²) in [5.41, 5.74) is 0.631. The van der Waals surface area contributed by atoms with Crippen molar-refractivity contribution in [2.75, 3.05) is 43.5 Å². The average molecular weight is 347 g/mol. The highest BCUT2D eigenvalue weighted by atomic mass is 19.1. The lowest BCUT2D eigenvalue weighted by Gasteiger charge is -2.36. The van der Waals surface area contributed by atoms with Crippen molar-refractivity contribution >= 4 is 17.4 Å². The van der Waals surface area contributed by atoms with Gasteiger partial charge in [0.2, 0.25) is 0 Å². The van der Waals surface area contributed by atoms with Crippen LogP contribution in [0.3, 0.4) is 0 Å². The van der Waals surface area contributed by atoms with Crippen molar-refractivity contribution in [3.63, 3.8) is 0 Å². The van der Waals surface area contributed by atoms with Crippen molar-refractivity contribution < 1.29 is 18.3 Å². The van der Waals surface area contributed by atoms with Gasteiger partial charge in [-0.2, -0.15) is 0 Å². The molecule has 0 radical (unpaired) electrons. The Balaban J connectivity index is 1.59. The molecule has 1 fully saturated rings. The predicted molar refractivity (Wildman–Crippen MR) is 92.2 cm³/mol. The van der Waals surface area contributed by atoms with Crippen LogP contribution in [0.1, 0.15) is 0 Å². The zero-order valence-electron chi connectivity index (χ0n) is 13.8. The Morgan fingerprint density at radius 1 is 1.00 bits per heavy atom. The molecule has 2 aromatic carbocycles. The molecule has 2 amide bonds. The van der Waals surface area contributed by atoms with Gasteiger partial charge in [-0.3, -0.25) is 0 Å². The number of benzene rings is 2. The lowest BCUT2D eigenvalue weighted by atomic mass is 10.2. The number of nitrogens with zero attached hydrogens (tertiary/aromatic N) is 2. The smallest absolute Gasteiger partial charge is 0.322 e. The number of amides is 2. The van der Waals surface area contributed by atoms with Gasteiger partial charge in [0.1, 0.15) is 23.1 Å². The van der Waals surface area contributed by atoms with Crippen LogP contribution in [-0.4, -0.2) is 44.2 Å². The molecule has 3 rings (SSSR count). The largest absolute Gasteiger partial charge is 0.497 e. The van der Waals surface area contributed by atoms with Crippen molar-refractivity contribution in [3.8, 4) is 5.75 Å². The fourth-order valence-electron chi connectivity index (χ4n) is 2.76. The molecule has 7 heteroatoms. The first kappa shape index (κ1) is 17.0. The van der Waals surface area contributed by atoms with Gasteiger partial charge in [-0.1, -0.05) is 6.07 Å². The highest BCUT2D eigenvalue weighted by molar-refractivity contribution is 5.89. The third kappa shape index (κ3) is 3.81. The van der Waals surface area contributed by atoms with E-state index >= 15 is 0 Å². The number of anilines is 2. The first-order valence-corrected chi connectivity index (χ1v) is 7.97. The van der Waals surface area contributed by atoms with Crippen molar-refractivity contribution in [2.24, 2.45) is 0 Å². The lowest BCUT2D eigenvalue weighted by molar-refractivity contribution is 0.208. The second kappa shape index (κ2) is 7.38. The Hall–Kier alpha value is -2.83. The number of halogens is 2. The summed E-state index contributed by atoms with van der Waals surface area (Å²) >= 11 is 0. The van der Waals surface area contributed by atoms with Crippen LogP contribution in [0.15, 0.2) is 42.5 Å². The molecular weight excluding hydrogens is 328 g/mol. The highest BCUT2D eigenvalue weighted by Crippen LogP contribution is 2.22. The van der Waals surface area contributed by atoms with E-state index in [2.05, 4.69) is 10.2 Å². The fraction of sp³-hybridized carbons (Fsp3) is 0.278. The maximum atomic E-state index is 13.6. The van der Waals surface area contributed by atoms with E-state index in [-0.39, 0.29) is 0 Å². The standard InChI is InChI=1S/C18H19F2N3O2/c1-25-14-7-5-13(6-8-14)22-9-11-23(12-10-22)18(24)21-17-15(19)3-2-4-16(17)20/h2-8H,9-12H2,1H3,(H,21,24). The molecule has 5 nitrogen and oxygen atoms in total. The minimum Gasteiger partial charge on any atom is -0.497 e. The molecule has 0 bridgehead atoms. The van der Waals surface area contributed by atoms with E-state index in [0.29, 0.717) is 26.2 Å². The predicted octanol–water partition coefficient (Wildman–Crippen LogP) is 3.33. The van der Waals surface area contributed by atoms with Gasteiger partial charge < -0.3 is 19.9 Å². The Labute approximate surface area is 144 Å². The number of hydrogen-bond acceptors (Lipinski definition) is 3. The van der Waals surface area contributed by atoms with Crippen LogP contribution in [0.25, 0.3) is 0 Å². The van der Waals surface area contributed by atoms with E-state index in [1.807, 2.05) is 24.3 Å². The second-order valence-electron chi connectivity index (χ2n) is 5.70. The number of carbonyl (C=O) groups excluding carboxylic acids is 1. The molecule has 0 spiro atoms. The second-order valence-corrected chi connectivity index (χ2v) is 5.70. The first-order chi connectivity index (χ1) is 12.1. The normalized spacial score (nSPS) is 14.4. The van der Waals surface area contributed by atoms with Crippen LogP contribution < -0.4 is 15.0 Å². The SMILES string of the molecule is COc1ccc(N2CCN(C(=O)Nc3c(F)cccc3F)CC2)cc1. The van der Waals surface area contributed by atoms with Crippen molar-refractivity contribution in [2.45, 2.75) is 0 Å². The summed E-state index contributed by atoms with van der Waals surface area (Å²) in [6, 6.07) is 10.7. The molecule has 0 aromatic heterocycles. The first-order valence-electron chi connectivity index (χ1n) is 7.97. The summed E-state index contributed by atoms with van der Waals surface area (Å²) < 4.78 is 32.4. The van der Waals surface area contributed by atoms with Gasteiger partial charge >= 0.3 is 6.03 Å². The topological polar surface area (TPSA) is 44.8 Å². The van der Waals surface area contributed by atoms with Gasteiger partial charge in [0.25, 0.3) is 0 Å². The minimum absolute atomic E-state index is 0.412. The number of urea groups is 1. The van der Waals surface area contributed by atoms with Gasteiger partial charge in [0.05, 0.1) is 7.11 Å². The Morgan fingerprint density at radius 2 is 1.60 bits per heavy atom. The van der Waals surface area contributed by atoms with Gasteiger partial charge in [0, 0.05) is 31.9 Å². The van der Waals surface area contributed by atoms with Gasteiger partial charge in [-0.15, -0.1) is 0 Å². The Bertz CT molecular complexity index is 724. The molecule has 1 heterocycles. The lowest BCUT2D eigenvalue weighted by Crippen LogP contribution is -2.50. The van der Waals surface area contributed by atoms with E-state index in [9.17, 15) is 13.6 Å². The van der Waals surface area contributed by atoms with Crippen LogP contribution >= 0.6 is 0 Å². The molecule has 0 saturated carbocycles. The number of para-hydroxylation sites is 1. The molecular formula is C18H19F2N3O2. The number of hydrogen-bond donors (Lipinski definition) is 1. The molecule has 1 aliphatic rings. The van der Waals surface area contributed by atoms with Crippen molar-refractivity contribution in [3.05, 3.63) is 54.1 Å². The van der Waals surface area contributed by atoms with E-state index in [1.165, 1.54) is 6.07 Å². The molecule has 1 N–H and O–H groups in total. The maximum Gasteiger partial charge on any atom is 0.322 e. The molecule has 0 aliphatic carbocycles. The third-order valence-corrected chi connectivity index (χ3v) is 4.20. The number of carbonyl (C=O) groups is 1. The molecule has 25 heavy (non-hydrogen) atoms. The zero-order valence-corrected chi connectivity index (χ0v) is 13.8. The van der Waals surface area contributed by atoms with Crippen molar-refractivity contribution in [1.29, 1.82) is 0 Å². The third-order valence-electron chi connectivity index (χ3n) is 4.20. The summed E-state index contributed by atoms with van der Waals surface area (Å²) in [4.78, 5) is 15.9. The van der Waals surface area contributed by atoms with Crippen molar-refractivity contribution in [1.82, 2.24) is 4.90 Å². The zero-order chi connectivity index (χ0) is 17.8. The minimum atomic E-state index is -0.787. The molecule has 1 aliphatic heterocycles. The number of piperazine rings is 1. The molecule has 0 atom stereocenters. The molecule has 2 aromatic rings. The number of methoxy groups -OCH3 is 1. The van der Waals surface area contributed by atoms with Gasteiger partial charge in [0.15, 0.2) is 0 Å². The van der Waals surface area contributed by atoms with Crippen LogP contribution in [-0.2, 0) is 0 Å². The number of nitrogens with one attached hydrogen (secondary N) is 1. The summed E-state index contributed by atoms with van der Waals surface area (Å²) in [7, 11) is 1.62. The highest BCUT2D eigenvalue weighted by Gasteiger charge is 2.23. The van der Waals surface area contributed by atoms with E-state index < -0.39 is 23.4 Å². The number of ether oxygens (including phenoxy) is 1. The van der Waals surface area contributed by atoms with Crippen LogP contribution in [0.2, 0.25) is 0 Å². The monoisotopic (exact) mass is 347 g/mol. The summed E-state index contributed by atoms with van der Waals surface area (Å²) in [5.74, 6) is -0.788. The fourth-order valence-corrected chi connectivity index (χ4v) is 2.76. The van der Waals surface area contributed by atoms with Crippen LogP contribution in [0, 0.1) is 11.6 Å². The summed E-state index contributed by atoms with van der Waals surface area (Å²) in [5, 5.41) is 2.32. The summed E-state index contributed by atoms with van der Waals surface area (Å²) in [6.45, 7) is 2.21. The van der Waals surface area contributed by atoms with E-state index in [0.717, 1.165) is 23.6 Å². The van der Waals surface area contributed by atoms with E-state index in [4.69, 9.17) is 4.74 Å². The van der Waals surface area contributed by atoms with Gasteiger partial charge in [-0.05, 0) is 36.4 Å². The van der Waals surface area contributed by atoms with Crippen LogP contribution in [0.4, 0.5) is 25.0 Å². The summed E-state index contributed by atoms with van der Waals surface area (Å²) in [6.07, 6.45) is 0. The Kier molecular flexibility index (Phi) is 5.02. The van der Waals surface area contributed by atoms with Gasteiger partial charge in [-0.25, -0.2) is 13.6 Å². The molecule has 0 unspecified atom stereocenters. The maximum absolute atomic E-state index is 13.6. The Morgan fingerprint density at radius 3 is 2.16 bits per heavy atom. The van der Waals surface area contributed by atoms with E-state index in [1.54, 1.807) is 12.0 Å². The number of rotatable bonds is 3. The molecule has 1 saturated heterocycles. The van der Waals surface area contributed by atoms with Crippen LogP contribution in [0.5, 0.6) is 5.75 Å². The quantitative estimate of drug-likeness (QED) is 0.926.